The summed E-state index contributed by atoms with van der Waals surface area (Å²) in [5, 5.41) is 10.3. The summed E-state index contributed by atoms with van der Waals surface area (Å²) in [6.07, 6.45) is 0. The molecule has 2 heterocycles. The number of fused-ring (bicyclic) bond motifs is 1. The maximum Gasteiger partial charge on any atom is 0.513 e. The van der Waals surface area contributed by atoms with Crippen LogP contribution in [-0.4, -0.2) is 23.3 Å². The molecule has 1 aliphatic rings. The van der Waals surface area contributed by atoms with E-state index < -0.39 is 18.3 Å². The molecule has 20 heavy (non-hydrogen) atoms. The van der Waals surface area contributed by atoms with Gasteiger partial charge in [0.25, 0.3) is 0 Å². The van der Waals surface area contributed by atoms with Crippen LogP contribution in [0.3, 0.4) is 0 Å². The maximum absolute atomic E-state index is 9.44. The number of aromatic nitrogens is 1. The topological polar surface area (TPSA) is 58.0 Å². The normalized spacial score (nSPS) is 20.2. The zero-order chi connectivity index (χ0) is 14.5. The van der Waals surface area contributed by atoms with E-state index in [4.69, 9.17) is 9.31 Å². The molecule has 1 fully saturated rings. The predicted octanol–water partition coefficient (Wildman–Crippen LogP) is 2.34. The van der Waals surface area contributed by atoms with Crippen molar-refractivity contribution < 1.29 is 9.31 Å². The third-order valence-corrected chi connectivity index (χ3v) is 4.34. The van der Waals surface area contributed by atoms with Gasteiger partial charge in [0.1, 0.15) is 6.07 Å². The Kier molecular flexibility index (Phi) is 2.72. The molecule has 1 aliphatic heterocycles. The van der Waals surface area contributed by atoms with Gasteiger partial charge in [0, 0.05) is 10.9 Å². The van der Waals surface area contributed by atoms with Gasteiger partial charge >= 0.3 is 7.12 Å². The molecule has 1 saturated heterocycles. The lowest BCUT2D eigenvalue weighted by atomic mass is 9.82. The molecule has 3 rings (SSSR count). The number of benzene rings is 1. The van der Waals surface area contributed by atoms with Crippen LogP contribution >= 0.6 is 0 Å². The summed E-state index contributed by atoms with van der Waals surface area (Å²) >= 11 is 0. The number of nitrogens with one attached hydrogen (secondary N) is 1. The molecule has 1 aromatic carbocycles. The number of aromatic amines is 1. The van der Waals surface area contributed by atoms with Gasteiger partial charge in [-0.2, -0.15) is 5.26 Å². The molecule has 1 aromatic heterocycles. The Morgan fingerprint density at radius 1 is 1.10 bits per heavy atom. The minimum Gasteiger partial charge on any atom is -0.398 e. The van der Waals surface area contributed by atoms with Crippen molar-refractivity contribution in [2.75, 3.05) is 0 Å². The fourth-order valence-corrected chi connectivity index (χ4v) is 2.42. The third kappa shape index (κ3) is 1.76. The number of nitrogens with zero attached hydrogens (tertiary/aromatic N) is 1. The molecule has 1 N–H and O–H groups in total. The second-order valence-corrected chi connectivity index (χ2v) is 6.16. The van der Waals surface area contributed by atoms with E-state index in [1.807, 2.05) is 52.0 Å². The lowest BCUT2D eigenvalue weighted by Gasteiger charge is -2.32. The Labute approximate surface area is 118 Å². The van der Waals surface area contributed by atoms with Gasteiger partial charge in [0.05, 0.1) is 22.4 Å². The first kappa shape index (κ1) is 13.2. The second kappa shape index (κ2) is 4.11. The number of hydrogen-bond donors (Lipinski definition) is 1. The van der Waals surface area contributed by atoms with Crippen LogP contribution in [0, 0.1) is 11.3 Å². The van der Waals surface area contributed by atoms with Gasteiger partial charge in [0.2, 0.25) is 0 Å². The minimum atomic E-state index is -0.540. The molecule has 5 heteroatoms. The molecule has 102 valence electrons. The Bertz CT molecular complexity index is 696. The zero-order valence-corrected chi connectivity index (χ0v) is 12.2. The van der Waals surface area contributed by atoms with Gasteiger partial charge in [0.15, 0.2) is 0 Å². The van der Waals surface area contributed by atoms with Gasteiger partial charge in [-0.1, -0.05) is 18.2 Å². The van der Waals surface area contributed by atoms with E-state index in [0.29, 0.717) is 11.2 Å². The van der Waals surface area contributed by atoms with Crippen molar-refractivity contribution in [2.24, 2.45) is 0 Å². The molecule has 0 amide bonds. The highest BCUT2D eigenvalue weighted by Gasteiger charge is 2.53. The average Bonchev–Trinajstić information content (AvgIpc) is 2.84. The Balaban J connectivity index is 2.11. The first-order chi connectivity index (χ1) is 9.36. The fraction of sp³-hybridized carbons (Fsp3) is 0.400. The SMILES string of the molecule is CC1(C)OB(c2[nH]c3ccccc3c2C#N)OC1(C)C. The van der Waals surface area contributed by atoms with Gasteiger partial charge in [-0.15, -0.1) is 0 Å². The molecule has 0 atom stereocenters. The van der Waals surface area contributed by atoms with Crippen LogP contribution in [0.2, 0.25) is 0 Å². The van der Waals surface area contributed by atoms with Crippen molar-refractivity contribution in [2.45, 2.75) is 38.9 Å². The quantitative estimate of drug-likeness (QED) is 0.807. The van der Waals surface area contributed by atoms with E-state index in [1.54, 1.807) is 0 Å². The van der Waals surface area contributed by atoms with Gasteiger partial charge < -0.3 is 14.3 Å². The monoisotopic (exact) mass is 268 g/mol. The van der Waals surface area contributed by atoms with E-state index in [1.165, 1.54) is 0 Å². The van der Waals surface area contributed by atoms with Gasteiger partial charge in [-0.3, -0.25) is 0 Å². The molecular weight excluding hydrogens is 251 g/mol. The summed E-state index contributed by atoms with van der Waals surface area (Å²) < 4.78 is 12.0. The smallest absolute Gasteiger partial charge is 0.398 e. The highest BCUT2D eigenvalue weighted by Crippen LogP contribution is 2.37. The molecule has 2 aromatic rings. The zero-order valence-electron chi connectivity index (χ0n) is 12.2. The van der Waals surface area contributed by atoms with Crippen LogP contribution in [-0.2, 0) is 9.31 Å². The van der Waals surface area contributed by atoms with Crippen LogP contribution < -0.4 is 5.59 Å². The summed E-state index contributed by atoms with van der Waals surface area (Å²) in [7, 11) is -0.540. The van der Waals surface area contributed by atoms with Crippen molar-refractivity contribution in [3.63, 3.8) is 0 Å². The predicted molar refractivity (Wildman–Crippen MR) is 78.7 cm³/mol. The summed E-state index contributed by atoms with van der Waals surface area (Å²) in [6.45, 7) is 8.01. The van der Waals surface area contributed by atoms with Gasteiger partial charge in [-0.25, -0.2) is 0 Å². The average molecular weight is 268 g/mol. The summed E-state index contributed by atoms with van der Waals surface area (Å²) in [5.74, 6) is 0. The summed E-state index contributed by atoms with van der Waals surface area (Å²) in [6, 6.07) is 10.00. The molecule has 4 nitrogen and oxygen atoms in total. The van der Waals surface area contributed by atoms with Crippen LogP contribution in [0.15, 0.2) is 24.3 Å². The highest BCUT2D eigenvalue weighted by atomic mass is 16.7. The van der Waals surface area contributed by atoms with Crippen molar-refractivity contribution in [3.8, 4) is 6.07 Å². The number of H-pyrrole nitrogens is 1. The van der Waals surface area contributed by atoms with Crippen molar-refractivity contribution in [1.29, 1.82) is 5.26 Å². The van der Waals surface area contributed by atoms with Crippen molar-refractivity contribution in [1.82, 2.24) is 4.98 Å². The van der Waals surface area contributed by atoms with E-state index >= 15 is 0 Å². The Morgan fingerprint density at radius 2 is 1.70 bits per heavy atom. The van der Waals surface area contributed by atoms with Crippen LogP contribution in [0.1, 0.15) is 33.3 Å². The Hall–Kier alpha value is -1.77. The van der Waals surface area contributed by atoms with E-state index in [9.17, 15) is 5.26 Å². The van der Waals surface area contributed by atoms with Crippen LogP contribution in [0.4, 0.5) is 0 Å². The molecule has 0 aliphatic carbocycles. The Morgan fingerprint density at radius 3 is 2.30 bits per heavy atom. The first-order valence-corrected chi connectivity index (χ1v) is 6.72. The standard InChI is InChI=1S/C15H17BN2O2/c1-14(2)15(3,4)20-16(19-14)13-11(9-17)10-7-5-6-8-12(10)18-13/h5-8,18H,1-4H3. The summed E-state index contributed by atoms with van der Waals surface area (Å²) in [4.78, 5) is 3.26. The largest absolute Gasteiger partial charge is 0.513 e. The number of hydrogen-bond acceptors (Lipinski definition) is 3. The molecule has 0 bridgehead atoms. The second-order valence-electron chi connectivity index (χ2n) is 6.16. The number of para-hydroxylation sites is 1. The molecule has 0 radical (unpaired) electrons. The van der Waals surface area contributed by atoms with E-state index in [-0.39, 0.29) is 0 Å². The van der Waals surface area contributed by atoms with Crippen LogP contribution in [0.25, 0.3) is 10.9 Å². The van der Waals surface area contributed by atoms with Crippen LogP contribution in [0.5, 0.6) is 0 Å². The maximum atomic E-state index is 9.44. The molecular formula is C15H17BN2O2. The minimum absolute atomic E-state index is 0.415. The van der Waals surface area contributed by atoms with E-state index in [2.05, 4.69) is 11.1 Å². The van der Waals surface area contributed by atoms with Gasteiger partial charge in [-0.05, 0) is 33.8 Å². The molecule has 0 spiro atoms. The molecule has 0 unspecified atom stereocenters. The van der Waals surface area contributed by atoms with Crippen molar-refractivity contribution in [3.05, 3.63) is 29.8 Å². The lowest BCUT2D eigenvalue weighted by Crippen LogP contribution is -2.41. The molecule has 0 saturated carbocycles. The fourth-order valence-electron chi connectivity index (χ4n) is 2.42. The first-order valence-electron chi connectivity index (χ1n) is 6.72. The third-order valence-electron chi connectivity index (χ3n) is 4.34. The van der Waals surface area contributed by atoms with E-state index in [0.717, 1.165) is 10.9 Å². The van der Waals surface area contributed by atoms with Crippen molar-refractivity contribution >= 4 is 23.6 Å². The number of nitriles is 1. The lowest BCUT2D eigenvalue weighted by molar-refractivity contribution is 0.00578. The number of rotatable bonds is 1. The summed E-state index contributed by atoms with van der Waals surface area (Å²) in [5.41, 5.74) is 1.39. The highest BCUT2D eigenvalue weighted by molar-refractivity contribution is 6.62.